The summed E-state index contributed by atoms with van der Waals surface area (Å²) in [6.45, 7) is 2.16. The molecule has 1 aliphatic heterocycles. The van der Waals surface area contributed by atoms with E-state index in [1.54, 1.807) is 7.11 Å². The molecule has 3 heteroatoms. The van der Waals surface area contributed by atoms with Gasteiger partial charge in [-0.05, 0) is 54.4 Å². The zero-order valence-electron chi connectivity index (χ0n) is 11.3. The van der Waals surface area contributed by atoms with E-state index in [4.69, 9.17) is 4.74 Å². The molecule has 2 N–H and O–H groups in total. The van der Waals surface area contributed by atoms with E-state index in [0.717, 1.165) is 18.8 Å². The maximum Gasteiger partial charge on any atom is 0.119 e. The first-order chi connectivity index (χ1) is 9.35. The lowest BCUT2D eigenvalue weighted by molar-refractivity contribution is 0.415. The number of hydrogen-bond acceptors (Lipinski definition) is 3. The van der Waals surface area contributed by atoms with Gasteiger partial charge in [-0.25, -0.2) is 0 Å². The van der Waals surface area contributed by atoms with Crippen molar-refractivity contribution in [3.8, 4) is 5.75 Å². The van der Waals surface area contributed by atoms with Crippen molar-refractivity contribution in [1.29, 1.82) is 0 Å². The van der Waals surface area contributed by atoms with Crippen LogP contribution in [0.15, 0.2) is 36.4 Å². The SMILES string of the molecule is COc1ccc2cc(NCC3CCCN3)ccc2c1. The molecule has 1 unspecified atom stereocenters. The Balaban J connectivity index is 1.73. The van der Waals surface area contributed by atoms with Crippen LogP contribution < -0.4 is 15.4 Å². The Kier molecular flexibility index (Phi) is 3.56. The van der Waals surface area contributed by atoms with E-state index < -0.39 is 0 Å². The number of nitrogens with one attached hydrogen (secondary N) is 2. The summed E-state index contributed by atoms with van der Waals surface area (Å²) in [4.78, 5) is 0. The second kappa shape index (κ2) is 5.49. The number of hydrogen-bond donors (Lipinski definition) is 2. The molecule has 0 bridgehead atoms. The lowest BCUT2D eigenvalue weighted by Crippen LogP contribution is -2.29. The number of ether oxygens (including phenoxy) is 1. The third-order valence-electron chi connectivity index (χ3n) is 3.76. The molecule has 100 valence electrons. The van der Waals surface area contributed by atoms with Crippen LogP contribution >= 0.6 is 0 Å². The van der Waals surface area contributed by atoms with Crippen LogP contribution in [0.5, 0.6) is 5.75 Å². The number of benzene rings is 2. The molecule has 0 spiro atoms. The van der Waals surface area contributed by atoms with Crippen molar-refractivity contribution in [2.24, 2.45) is 0 Å². The highest BCUT2D eigenvalue weighted by atomic mass is 16.5. The van der Waals surface area contributed by atoms with Crippen molar-refractivity contribution >= 4 is 16.5 Å². The van der Waals surface area contributed by atoms with E-state index in [1.165, 1.54) is 29.3 Å². The third kappa shape index (κ3) is 2.82. The summed E-state index contributed by atoms with van der Waals surface area (Å²) >= 11 is 0. The predicted molar refractivity (Wildman–Crippen MR) is 80.0 cm³/mol. The Morgan fingerprint density at radius 2 is 2.05 bits per heavy atom. The van der Waals surface area contributed by atoms with Gasteiger partial charge in [-0.2, -0.15) is 0 Å². The minimum Gasteiger partial charge on any atom is -0.497 e. The molecule has 1 heterocycles. The van der Waals surface area contributed by atoms with E-state index in [0.29, 0.717) is 6.04 Å². The summed E-state index contributed by atoms with van der Waals surface area (Å²) in [5, 5.41) is 9.47. The van der Waals surface area contributed by atoms with Gasteiger partial charge in [-0.1, -0.05) is 12.1 Å². The lowest BCUT2D eigenvalue weighted by Gasteiger charge is -2.13. The number of methoxy groups -OCH3 is 1. The molecule has 0 amide bonds. The van der Waals surface area contributed by atoms with Crippen molar-refractivity contribution in [3.63, 3.8) is 0 Å². The first-order valence-electron chi connectivity index (χ1n) is 6.90. The second-order valence-electron chi connectivity index (χ2n) is 5.10. The van der Waals surface area contributed by atoms with Crippen molar-refractivity contribution in [3.05, 3.63) is 36.4 Å². The smallest absolute Gasteiger partial charge is 0.119 e. The van der Waals surface area contributed by atoms with Gasteiger partial charge in [-0.15, -0.1) is 0 Å². The lowest BCUT2D eigenvalue weighted by atomic mass is 10.1. The summed E-state index contributed by atoms with van der Waals surface area (Å²) in [6.07, 6.45) is 2.57. The molecule has 0 aromatic heterocycles. The Morgan fingerprint density at radius 3 is 2.84 bits per heavy atom. The highest BCUT2D eigenvalue weighted by Gasteiger charge is 2.13. The van der Waals surface area contributed by atoms with Crippen LogP contribution in [-0.2, 0) is 0 Å². The normalized spacial score (nSPS) is 18.7. The minimum absolute atomic E-state index is 0.617. The fourth-order valence-electron chi connectivity index (χ4n) is 2.63. The van der Waals surface area contributed by atoms with Gasteiger partial charge in [-0.3, -0.25) is 0 Å². The molecular formula is C16H20N2O. The zero-order chi connectivity index (χ0) is 13.1. The van der Waals surface area contributed by atoms with Crippen LogP contribution in [0.3, 0.4) is 0 Å². The fraction of sp³-hybridized carbons (Fsp3) is 0.375. The Labute approximate surface area is 114 Å². The molecule has 2 aromatic rings. The third-order valence-corrected chi connectivity index (χ3v) is 3.76. The molecule has 0 radical (unpaired) electrons. The average Bonchev–Trinajstić information content (AvgIpc) is 2.97. The van der Waals surface area contributed by atoms with Gasteiger partial charge in [0, 0.05) is 18.3 Å². The largest absolute Gasteiger partial charge is 0.497 e. The molecule has 1 saturated heterocycles. The minimum atomic E-state index is 0.617. The summed E-state index contributed by atoms with van der Waals surface area (Å²) in [5.41, 5.74) is 1.19. The zero-order valence-corrected chi connectivity index (χ0v) is 11.3. The number of rotatable bonds is 4. The van der Waals surface area contributed by atoms with Gasteiger partial charge < -0.3 is 15.4 Å². The summed E-state index contributed by atoms with van der Waals surface area (Å²) in [5.74, 6) is 0.906. The van der Waals surface area contributed by atoms with E-state index in [2.05, 4.69) is 41.0 Å². The van der Waals surface area contributed by atoms with Crippen LogP contribution in [0.1, 0.15) is 12.8 Å². The number of anilines is 1. The Morgan fingerprint density at radius 1 is 1.21 bits per heavy atom. The van der Waals surface area contributed by atoms with Crippen molar-refractivity contribution in [2.75, 3.05) is 25.5 Å². The molecule has 1 fully saturated rings. The molecule has 1 aliphatic rings. The topological polar surface area (TPSA) is 33.3 Å². The van der Waals surface area contributed by atoms with Crippen LogP contribution in [0.25, 0.3) is 10.8 Å². The van der Waals surface area contributed by atoms with Crippen molar-refractivity contribution in [1.82, 2.24) is 5.32 Å². The van der Waals surface area contributed by atoms with Crippen molar-refractivity contribution in [2.45, 2.75) is 18.9 Å². The van der Waals surface area contributed by atoms with Crippen LogP contribution in [0, 0.1) is 0 Å². The van der Waals surface area contributed by atoms with Gasteiger partial charge in [0.2, 0.25) is 0 Å². The number of fused-ring (bicyclic) bond motifs is 1. The quantitative estimate of drug-likeness (QED) is 0.882. The standard InChI is InChI=1S/C16H20N2O/c1-19-16-7-5-12-9-14(6-4-13(12)10-16)18-11-15-3-2-8-17-15/h4-7,9-10,15,17-18H,2-3,8,11H2,1H3. The molecule has 1 atom stereocenters. The molecule has 2 aromatic carbocycles. The highest BCUT2D eigenvalue weighted by molar-refractivity contribution is 5.86. The Hall–Kier alpha value is -1.74. The molecule has 19 heavy (non-hydrogen) atoms. The summed E-state index contributed by atoms with van der Waals surface area (Å²) in [6, 6.07) is 13.3. The van der Waals surface area contributed by atoms with Gasteiger partial charge in [0.1, 0.15) is 5.75 Å². The van der Waals surface area contributed by atoms with Crippen LogP contribution in [0.2, 0.25) is 0 Å². The van der Waals surface area contributed by atoms with E-state index in [-0.39, 0.29) is 0 Å². The highest BCUT2D eigenvalue weighted by Crippen LogP contribution is 2.23. The van der Waals surface area contributed by atoms with Gasteiger partial charge in [0.15, 0.2) is 0 Å². The molecule has 3 rings (SSSR count). The Bertz CT molecular complexity index is 562. The average molecular weight is 256 g/mol. The van der Waals surface area contributed by atoms with Crippen molar-refractivity contribution < 1.29 is 4.74 Å². The van der Waals surface area contributed by atoms with E-state index in [9.17, 15) is 0 Å². The maximum absolute atomic E-state index is 5.24. The maximum atomic E-state index is 5.24. The predicted octanol–water partition coefficient (Wildman–Crippen LogP) is 3.01. The van der Waals surface area contributed by atoms with E-state index >= 15 is 0 Å². The van der Waals surface area contributed by atoms with Crippen LogP contribution in [-0.4, -0.2) is 26.2 Å². The summed E-state index contributed by atoms with van der Waals surface area (Å²) in [7, 11) is 1.70. The summed E-state index contributed by atoms with van der Waals surface area (Å²) < 4.78 is 5.24. The molecular weight excluding hydrogens is 236 g/mol. The first-order valence-corrected chi connectivity index (χ1v) is 6.90. The molecule has 0 saturated carbocycles. The van der Waals surface area contributed by atoms with Gasteiger partial charge >= 0.3 is 0 Å². The fourth-order valence-corrected chi connectivity index (χ4v) is 2.63. The van der Waals surface area contributed by atoms with E-state index in [1.807, 2.05) is 6.07 Å². The molecule has 3 nitrogen and oxygen atoms in total. The van der Waals surface area contributed by atoms with Gasteiger partial charge in [0.25, 0.3) is 0 Å². The van der Waals surface area contributed by atoms with Gasteiger partial charge in [0.05, 0.1) is 7.11 Å². The second-order valence-corrected chi connectivity index (χ2v) is 5.10. The van der Waals surface area contributed by atoms with Crippen LogP contribution in [0.4, 0.5) is 5.69 Å². The first kappa shape index (κ1) is 12.3. The monoisotopic (exact) mass is 256 g/mol. The molecule has 0 aliphatic carbocycles.